The number of hydrogen-bond acceptors (Lipinski definition) is 5. The Morgan fingerprint density at radius 2 is 1.67 bits per heavy atom. The number of nitrogens with one attached hydrogen (secondary N) is 1. The Morgan fingerprint density at radius 1 is 1.14 bits per heavy atom. The van der Waals surface area contributed by atoms with Gasteiger partial charge >= 0.3 is 12.1 Å². The van der Waals surface area contributed by atoms with Crippen LogP contribution in [0.3, 0.4) is 0 Å². The minimum atomic E-state index is -1.14. The summed E-state index contributed by atoms with van der Waals surface area (Å²) < 4.78 is 10.0. The summed E-state index contributed by atoms with van der Waals surface area (Å²) in [5, 5.41) is 2.63. The van der Waals surface area contributed by atoms with Crippen LogP contribution in [0.25, 0.3) is 0 Å². The highest BCUT2D eigenvalue weighted by Crippen LogP contribution is 2.24. The highest BCUT2D eigenvalue weighted by Gasteiger charge is 2.45. The first-order valence-electron chi connectivity index (χ1n) is 6.95. The third-order valence-electron chi connectivity index (χ3n) is 3.38. The molecular formula is C14H24N2O5. The third-order valence-corrected chi connectivity index (χ3v) is 3.38. The van der Waals surface area contributed by atoms with E-state index in [2.05, 4.69) is 5.32 Å². The molecule has 0 aliphatic carbocycles. The van der Waals surface area contributed by atoms with Crippen molar-refractivity contribution in [3.63, 3.8) is 0 Å². The van der Waals surface area contributed by atoms with Gasteiger partial charge in [-0.05, 0) is 33.6 Å². The van der Waals surface area contributed by atoms with Gasteiger partial charge in [-0.15, -0.1) is 0 Å². The monoisotopic (exact) mass is 300 g/mol. The van der Waals surface area contributed by atoms with E-state index in [9.17, 15) is 14.4 Å². The van der Waals surface area contributed by atoms with Crippen LogP contribution < -0.4 is 5.32 Å². The molecule has 1 N–H and O–H groups in total. The largest absolute Gasteiger partial charge is 0.467 e. The quantitative estimate of drug-likeness (QED) is 0.771. The number of likely N-dealkylation sites (tertiary alicyclic amines) is 1. The predicted molar refractivity (Wildman–Crippen MR) is 75.6 cm³/mol. The summed E-state index contributed by atoms with van der Waals surface area (Å²) in [6, 6.07) is 0. The number of hydrogen-bond donors (Lipinski definition) is 1. The molecule has 1 rings (SSSR count). The molecule has 0 aromatic heterocycles. The summed E-state index contributed by atoms with van der Waals surface area (Å²) in [5.41, 5.74) is -1.79. The molecule has 0 saturated carbocycles. The number of rotatable bonds is 2. The molecule has 1 saturated heterocycles. The van der Waals surface area contributed by atoms with Crippen LogP contribution >= 0.6 is 0 Å². The van der Waals surface area contributed by atoms with E-state index in [1.807, 2.05) is 0 Å². The molecule has 0 aromatic rings. The van der Waals surface area contributed by atoms with Crippen molar-refractivity contribution in [1.29, 1.82) is 0 Å². The fraction of sp³-hybridized carbons (Fsp3) is 0.786. The lowest BCUT2D eigenvalue weighted by Crippen LogP contribution is -2.61. The number of nitrogens with zero attached hydrogens (tertiary/aromatic N) is 1. The maximum absolute atomic E-state index is 12.1. The van der Waals surface area contributed by atoms with E-state index in [0.29, 0.717) is 25.9 Å². The van der Waals surface area contributed by atoms with E-state index in [0.717, 1.165) is 0 Å². The maximum atomic E-state index is 12.1. The van der Waals surface area contributed by atoms with Crippen LogP contribution in [0.1, 0.15) is 40.5 Å². The smallest absolute Gasteiger partial charge is 0.408 e. The second-order valence-corrected chi connectivity index (χ2v) is 6.21. The van der Waals surface area contributed by atoms with Crippen LogP contribution in [0.15, 0.2) is 0 Å². The van der Waals surface area contributed by atoms with E-state index in [-0.39, 0.29) is 5.91 Å². The molecule has 1 aliphatic rings. The second kappa shape index (κ2) is 6.32. The Bertz CT molecular complexity index is 420. The SMILES string of the molecule is COC(=O)C1(NC(=O)OC(C)(C)C)CCN(C(C)=O)CC1. The Morgan fingerprint density at radius 3 is 2.05 bits per heavy atom. The lowest BCUT2D eigenvalue weighted by Gasteiger charge is -2.39. The average molecular weight is 300 g/mol. The van der Waals surface area contributed by atoms with Crippen molar-refractivity contribution in [2.24, 2.45) is 0 Å². The zero-order valence-corrected chi connectivity index (χ0v) is 13.3. The number of esters is 1. The summed E-state index contributed by atoms with van der Waals surface area (Å²) in [7, 11) is 1.28. The van der Waals surface area contributed by atoms with Crippen LogP contribution in [0, 0.1) is 0 Å². The Balaban J connectivity index is 2.80. The Kier molecular flexibility index (Phi) is 5.20. The molecule has 0 bridgehead atoms. The average Bonchev–Trinajstić information content (AvgIpc) is 2.35. The fourth-order valence-electron chi connectivity index (χ4n) is 2.28. The molecule has 0 spiro atoms. The van der Waals surface area contributed by atoms with Crippen LogP contribution in [0.5, 0.6) is 0 Å². The van der Waals surface area contributed by atoms with Gasteiger partial charge in [-0.1, -0.05) is 0 Å². The molecule has 7 nitrogen and oxygen atoms in total. The van der Waals surface area contributed by atoms with Gasteiger partial charge in [-0.25, -0.2) is 9.59 Å². The second-order valence-electron chi connectivity index (χ2n) is 6.21. The summed E-state index contributed by atoms with van der Waals surface area (Å²) in [5.74, 6) is -0.567. The minimum absolute atomic E-state index is 0.0502. The third kappa shape index (κ3) is 4.61. The molecule has 0 atom stereocenters. The first-order valence-corrected chi connectivity index (χ1v) is 6.95. The van der Waals surface area contributed by atoms with E-state index in [1.165, 1.54) is 14.0 Å². The lowest BCUT2D eigenvalue weighted by molar-refractivity contribution is -0.152. The van der Waals surface area contributed by atoms with Crippen molar-refractivity contribution in [3.8, 4) is 0 Å². The van der Waals surface area contributed by atoms with Gasteiger partial charge in [0.25, 0.3) is 0 Å². The van der Waals surface area contributed by atoms with Gasteiger partial charge in [0, 0.05) is 20.0 Å². The Hall–Kier alpha value is -1.79. The van der Waals surface area contributed by atoms with Gasteiger partial charge in [0.15, 0.2) is 0 Å². The zero-order chi connectivity index (χ0) is 16.3. The number of methoxy groups -OCH3 is 1. The molecule has 1 fully saturated rings. The lowest BCUT2D eigenvalue weighted by atomic mass is 9.87. The predicted octanol–water partition coefficient (Wildman–Crippen LogP) is 1.07. The standard InChI is InChI=1S/C14H24N2O5/c1-10(17)16-8-6-14(7-9-16,11(18)20-5)15-12(19)21-13(2,3)4/h6-9H2,1-5H3,(H,15,19). The van der Waals surface area contributed by atoms with Gasteiger partial charge < -0.3 is 19.7 Å². The van der Waals surface area contributed by atoms with Crippen LogP contribution in [-0.2, 0) is 19.1 Å². The number of carbonyl (C=O) groups excluding carboxylic acids is 3. The van der Waals surface area contributed by atoms with E-state index >= 15 is 0 Å². The molecule has 21 heavy (non-hydrogen) atoms. The molecule has 0 unspecified atom stereocenters. The number of carbonyl (C=O) groups is 3. The molecule has 1 aliphatic heterocycles. The molecule has 7 heteroatoms. The molecule has 2 amide bonds. The zero-order valence-electron chi connectivity index (χ0n) is 13.3. The van der Waals surface area contributed by atoms with Gasteiger partial charge in [0.2, 0.25) is 5.91 Å². The first-order chi connectivity index (χ1) is 9.59. The van der Waals surface area contributed by atoms with Gasteiger partial charge in [0.1, 0.15) is 11.1 Å². The summed E-state index contributed by atoms with van der Waals surface area (Å²) in [4.78, 5) is 37.0. The van der Waals surface area contributed by atoms with E-state index in [1.54, 1.807) is 25.7 Å². The van der Waals surface area contributed by atoms with Crippen LogP contribution in [-0.4, -0.2) is 54.2 Å². The van der Waals surface area contributed by atoms with Gasteiger partial charge in [0.05, 0.1) is 7.11 Å². The number of amides is 2. The topological polar surface area (TPSA) is 84.9 Å². The first kappa shape index (κ1) is 17.3. The molecular weight excluding hydrogens is 276 g/mol. The van der Waals surface area contributed by atoms with Crippen molar-refractivity contribution in [1.82, 2.24) is 10.2 Å². The van der Waals surface area contributed by atoms with Gasteiger partial charge in [-0.3, -0.25) is 4.79 Å². The highest BCUT2D eigenvalue weighted by atomic mass is 16.6. The van der Waals surface area contributed by atoms with Crippen molar-refractivity contribution in [2.75, 3.05) is 20.2 Å². The molecule has 0 radical (unpaired) electrons. The van der Waals surface area contributed by atoms with Crippen molar-refractivity contribution < 1.29 is 23.9 Å². The summed E-state index contributed by atoms with van der Waals surface area (Å²) in [6.45, 7) is 7.49. The van der Waals surface area contributed by atoms with Crippen LogP contribution in [0.4, 0.5) is 4.79 Å². The molecule has 0 aromatic carbocycles. The summed E-state index contributed by atoms with van der Waals surface area (Å²) >= 11 is 0. The van der Waals surface area contributed by atoms with E-state index < -0.39 is 23.2 Å². The minimum Gasteiger partial charge on any atom is -0.467 e. The Labute approximate surface area is 124 Å². The number of alkyl carbamates (subject to hydrolysis) is 1. The number of ether oxygens (including phenoxy) is 2. The van der Waals surface area contributed by atoms with Crippen molar-refractivity contribution in [2.45, 2.75) is 51.7 Å². The summed E-state index contributed by atoms with van der Waals surface area (Å²) in [6.07, 6.45) is -0.0547. The highest BCUT2D eigenvalue weighted by molar-refractivity contribution is 5.86. The maximum Gasteiger partial charge on any atom is 0.408 e. The van der Waals surface area contributed by atoms with Crippen molar-refractivity contribution >= 4 is 18.0 Å². The number of piperidine rings is 1. The molecule has 120 valence electrons. The fourth-order valence-corrected chi connectivity index (χ4v) is 2.28. The van der Waals surface area contributed by atoms with E-state index in [4.69, 9.17) is 9.47 Å². The normalized spacial score (nSPS) is 17.9. The van der Waals surface area contributed by atoms with Crippen molar-refractivity contribution in [3.05, 3.63) is 0 Å². The van der Waals surface area contributed by atoms with Gasteiger partial charge in [-0.2, -0.15) is 0 Å². The molecule has 1 heterocycles. The van der Waals surface area contributed by atoms with Crippen LogP contribution in [0.2, 0.25) is 0 Å².